The molecular weight excluding hydrogens is 190 g/mol. The van der Waals surface area contributed by atoms with Crippen LogP contribution in [0.2, 0.25) is 0 Å². The van der Waals surface area contributed by atoms with Gasteiger partial charge in [-0.25, -0.2) is 13.1 Å². The van der Waals surface area contributed by atoms with Gasteiger partial charge in [0.25, 0.3) is 0 Å². The number of hydrogen-bond donors (Lipinski definition) is 2. The lowest BCUT2D eigenvalue weighted by Gasteiger charge is -2.19. The van der Waals surface area contributed by atoms with E-state index in [1.165, 1.54) is 0 Å². The maximum Gasteiger partial charge on any atom is 0.214 e. The molecule has 0 aromatic carbocycles. The number of nitrogens with one attached hydrogen (secondary N) is 1. The van der Waals surface area contributed by atoms with Gasteiger partial charge in [0.2, 0.25) is 10.0 Å². The van der Waals surface area contributed by atoms with E-state index < -0.39 is 10.0 Å². The Morgan fingerprint density at radius 1 is 1.38 bits per heavy atom. The first-order valence-corrected chi connectivity index (χ1v) is 6.19. The Labute approximate surface area is 80.4 Å². The van der Waals surface area contributed by atoms with Crippen LogP contribution in [-0.4, -0.2) is 31.9 Å². The number of hydrogen-bond acceptors (Lipinski definition) is 3. The average Bonchev–Trinajstić information content (AvgIpc) is 2.01. The molecule has 0 fully saturated rings. The molecular formula is C8H19NO3S. The van der Waals surface area contributed by atoms with Crippen LogP contribution in [0.4, 0.5) is 0 Å². The van der Waals surface area contributed by atoms with Gasteiger partial charge in [-0.3, -0.25) is 0 Å². The minimum atomic E-state index is -3.29. The number of aliphatic hydroxyl groups excluding tert-OH is 1. The maximum absolute atomic E-state index is 11.2. The second kappa shape index (κ2) is 5.57. The number of rotatable bonds is 6. The SMILES string of the molecule is CCC(C)[C@@H](C)NS(=O)(=O)CCO. The van der Waals surface area contributed by atoms with Gasteiger partial charge in [0, 0.05) is 6.04 Å². The Morgan fingerprint density at radius 2 is 1.92 bits per heavy atom. The summed E-state index contributed by atoms with van der Waals surface area (Å²) in [7, 11) is -3.29. The van der Waals surface area contributed by atoms with Crippen LogP contribution in [-0.2, 0) is 10.0 Å². The third-order valence-electron chi connectivity index (χ3n) is 2.22. The molecule has 0 aromatic heterocycles. The van der Waals surface area contributed by atoms with Crippen molar-refractivity contribution >= 4 is 10.0 Å². The molecule has 13 heavy (non-hydrogen) atoms. The van der Waals surface area contributed by atoms with Crippen molar-refractivity contribution in [3.8, 4) is 0 Å². The number of aliphatic hydroxyl groups is 1. The van der Waals surface area contributed by atoms with E-state index in [1.807, 2.05) is 20.8 Å². The second-order valence-corrected chi connectivity index (χ2v) is 5.21. The fourth-order valence-corrected chi connectivity index (χ4v) is 2.09. The van der Waals surface area contributed by atoms with Gasteiger partial charge < -0.3 is 5.11 Å². The van der Waals surface area contributed by atoms with E-state index in [0.29, 0.717) is 5.92 Å². The van der Waals surface area contributed by atoms with E-state index in [9.17, 15) is 8.42 Å². The van der Waals surface area contributed by atoms with Gasteiger partial charge in [-0.05, 0) is 12.8 Å². The van der Waals surface area contributed by atoms with Crippen molar-refractivity contribution in [2.45, 2.75) is 33.2 Å². The standard InChI is InChI=1S/C8H19NO3S/c1-4-7(2)8(3)9-13(11,12)6-5-10/h7-10H,4-6H2,1-3H3/t7?,8-/m1/s1. The third kappa shape index (κ3) is 5.23. The highest BCUT2D eigenvalue weighted by Gasteiger charge is 2.17. The molecule has 0 aliphatic heterocycles. The molecule has 0 aliphatic carbocycles. The molecule has 0 heterocycles. The van der Waals surface area contributed by atoms with Gasteiger partial charge in [0.15, 0.2) is 0 Å². The predicted molar refractivity (Wildman–Crippen MR) is 52.9 cm³/mol. The van der Waals surface area contributed by atoms with Crippen LogP contribution < -0.4 is 4.72 Å². The average molecular weight is 209 g/mol. The summed E-state index contributed by atoms with van der Waals surface area (Å²) >= 11 is 0. The molecule has 0 saturated heterocycles. The van der Waals surface area contributed by atoms with Crippen molar-refractivity contribution in [1.29, 1.82) is 0 Å². The molecule has 0 aromatic rings. The van der Waals surface area contributed by atoms with Crippen molar-refractivity contribution in [2.24, 2.45) is 5.92 Å². The highest BCUT2D eigenvalue weighted by Crippen LogP contribution is 2.07. The fourth-order valence-electron chi connectivity index (χ4n) is 0.932. The lowest BCUT2D eigenvalue weighted by atomic mass is 10.0. The molecule has 2 atom stereocenters. The normalized spacial score (nSPS) is 16.9. The van der Waals surface area contributed by atoms with Crippen LogP contribution >= 0.6 is 0 Å². The maximum atomic E-state index is 11.2. The Morgan fingerprint density at radius 3 is 2.31 bits per heavy atom. The molecule has 80 valence electrons. The van der Waals surface area contributed by atoms with Crippen LogP contribution in [0.1, 0.15) is 27.2 Å². The number of sulfonamides is 1. The Balaban J connectivity index is 4.11. The van der Waals surface area contributed by atoms with Crippen molar-refractivity contribution in [1.82, 2.24) is 4.72 Å². The van der Waals surface area contributed by atoms with Crippen molar-refractivity contribution < 1.29 is 13.5 Å². The second-order valence-electron chi connectivity index (χ2n) is 3.33. The molecule has 2 N–H and O–H groups in total. The van der Waals surface area contributed by atoms with Gasteiger partial charge in [0.1, 0.15) is 0 Å². The highest BCUT2D eigenvalue weighted by atomic mass is 32.2. The van der Waals surface area contributed by atoms with Crippen LogP contribution in [0.15, 0.2) is 0 Å². The zero-order valence-electron chi connectivity index (χ0n) is 8.45. The van der Waals surface area contributed by atoms with Crippen molar-refractivity contribution in [3.05, 3.63) is 0 Å². The minimum absolute atomic E-state index is 0.0680. The molecule has 4 nitrogen and oxygen atoms in total. The van der Waals surface area contributed by atoms with Crippen molar-refractivity contribution in [3.63, 3.8) is 0 Å². The first-order chi connectivity index (χ1) is 5.93. The molecule has 0 bridgehead atoms. The molecule has 1 unspecified atom stereocenters. The fraction of sp³-hybridized carbons (Fsp3) is 1.00. The molecule has 0 amide bonds. The third-order valence-corrected chi connectivity index (χ3v) is 3.67. The van der Waals surface area contributed by atoms with E-state index in [4.69, 9.17) is 5.11 Å². The van der Waals surface area contributed by atoms with Crippen LogP contribution in [0.5, 0.6) is 0 Å². The summed E-state index contributed by atoms with van der Waals surface area (Å²) in [5.74, 6) is 0.0989. The van der Waals surface area contributed by atoms with E-state index in [0.717, 1.165) is 6.42 Å². The molecule has 0 radical (unpaired) electrons. The Bertz CT molecular complexity index is 226. The van der Waals surface area contributed by atoms with Crippen LogP contribution in [0.25, 0.3) is 0 Å². The topological polar surface area (TPSA) is 66.4 Å². The van der Waals surface area contributed by atoms with E-state index in [-0.39, 0.29) is 18.4 Å². The molecule has 0 saturated carbocycles. The summed E-state index contributed by atoms with van der Waals surface area (Å²) in [6.07, 6.45) is 0.933. The van der Waals surface area contributed by atoms with Gasteiger partial charge in [-0.15, -0.1) is 0 Å². The molecule has 0 spiro atoms. The summed E-state index contributed by atoms with van der Waals surface area (Å²) in [5.41, 5.74) is 0. The monoisotopic (exact) mass is 209 g/mol. The summed E-state index contributed by atoms with van der Waals surface area (Å²) in [6, 6.07) is -0.0680. The van der Waals surface area contributed by atoms with Crippen LogP contribution in [0.3, 0.4) is 0 Å². The Kier molecular flexibility index (Phi) is 5.51. The first kappa shape index (κ1) is 12.9. The Hall–Kier alpha value is -0.130. The van der Waals surface area contributed by atoms with Crippen LogP contribution in [0, 0.1) is 5.92 Å². The van der Waals surface area contributed by atoms with E-state index >= 15 is 0 Å². The summed E-state index contributed by atoms with van der Waals surface area (Å²) in [6.45, 7) is 5.51. The smallest absolute Gasteiger partial charge is 0.214 e. The van der Waals surface area contributed by atoms with Gasteiger partial charge in [-0.2, -0.15) is 0 Å². The van der Waals surface area contributed by atoms with E-state index in [1.54, 1.807) is 0 Å². The first-order valence-electron chi connectivity index (χ1n) is 4.53. The van der Waals surface area contributed by atoms with E-state index in [2.05, 4.69) is 4.72 Å². The lowest BCUT2D eigenvalue weighted by molar-refractivity contribution is 0.318. The largest absolute Gasteiger partial charge is 0.395 e. The predicted octanol–water partition coefficient (Wildman–Crippen LogP) is 0.333. The summed E-state index contributed by atoms with van der Waals surface area (Å²) < 4.78 is 24.9. The molecule has 0 aliphatic rings. The van der Waals surface area contributed by atoms with Gasteiger partial charge in [0.05, 0.1) is 12.4 Å². The molecule has 5 heteroatoms. The quantitative estimate of drug-likeness (QED) is 0.662. The highest BCUT2D eigenvalue weighted by molar-refractivity contribution is 7.89. The summed E-state index contributed by atoms with van der Waals surface area (Å²) in [5, 5.41) is 8.49. The minimum Gasteiger partial charge on any atom is -0.395 e. The molecule has 0 rings (SSSR count). The van der Waals surface area contributed by atoms with Crippen molar-refractivity contribution in [2.75, 3.05) is 12.4 Å². The van der Waals surface area contributed by atoms with Gasteiger partial charge in [-0.1, -0.05) is 20.3 Å². The zero-order chi connectivity index (χ0) is 10.5. The lowest BCUT2D eigenvalue weighted by Crippen LogP contribution is -2.38. The van der Waals surface area contributed by atoms with Gasteiger partial charge >= 0.3 is 0 Å². The zero-order valence-corrected chi connectivity index (χ0v) is 9.26. The summed E-state index contributed by atoms with van der Waals surface area (Å²) in [4.78, 5) is 0.